The van der Waals surface area contributed by atoms with Crippen molar-refractivity contribution in [2.45, 2.75) is 23.6 Å². The van der Waals surface area contributed by atoms with E-state index in [9.17, 15) is 21.6 Å². The maximum Gasteiger partial charge on any atom is 0.261 e. The summed E-state index contributed by atoms with van der Waals surface area (Å²) in [5.74, 6) is -0.362. The van der Waals surface area contributed by atoms with Gasteiger partial charge in [-0.3, -0.25) is 4.79 Å². The molecule has 0 saturated heterocycles. The molecule has 0 unspecified atom stereocenters. The van der Waals surface area contributed by atoms with Crippen LogP contribution < -0.4 is 5.32 Å². The fourth-order valence-corrected chi connectivity index (χ4v) is 3.02. The average molecular weight is 354 g/mol. The van der Waals surface area contributed by atoms with Crippen LogP contribution in [-0.2, 0) is 18.9 Å². The monoisotopic (exact) mass is 353 g/mol. The lowest BCUT2D eigenvalue weighted by molar-refractivity contribution is 0.0948. The lowest BCUT2D eigenvalue weighted by Crippen LogP contribution is -2.27. The predicted molar refractivity (Wildman–Crippen MR) is 79.8 cm³/mol. The minimum atomic E-state index is -4.15. The van der Waals surface area contributed by atoms with Gasteiger partial charge in [0, 0.05) is 29.0 Å². The van der Waals surface area contributed by atoms with Crippen LogP contribution in [0.3, 0.4) is 0 Å². The van der Waals surface area contributed by atoms with Crippen LogP contribution in [0, 0.1) is 5.92 Å². The van der Waals surface area contributed by atoms with Crippen molar-refractivity contribution in [2.24, 2.45) is 5.92 Å². The van der Waals surface area contributed by atoms with Gasteiger partial charge in [0.15, 0.2) is 9.84 Å². The number of sulfone groups is 1. The molecule has 21 heavy (non-hydrogen) atoms. The van der Waals surface area contributed by atoms with E-state index in [1.54, 1.807) is 0 Å². The maximum absolute atomic E-state index is 12.0. The quantitative estimate of drug-likeness (QED) is 0.807. The van der Waals surface area contributed by atoms with Crippen molar-refractivity contribution in [1.29, 1.82) is 0 Å². The van der Waals surface area contributed by atoms with E-state index < -0.39 is 29.7 Å². The highest BCUT2D eigenvalue weighted by atomic mass is 35.7. The summed E-state index contributed by atoms with van der Waals surface area (Å²) in [4.78, 5) is 11.3. The Labute approximate surface area is 128 Å². The van der Waals surface area contributed by atoms with Crippen LogP contribution in [0.2, 0.25) is 0 Å². The van der Waals surface area contributed by atoms with Crippen LogP contribution in [0.4, 0.5) is 0 Å². The van der Waals surface area contributed by atoms with E-state index in [0.717, 1.165) is 24.5 Å². The Morgan fingerprint density at radius 3 is 2.10 bits per heavy atom. The lowest BCUT2D eigenvalue weighted by atomic mass is 10.2. The van der Waals surface area contributed by atoms with Gasteiger partial charge in [0.1, 0.15) is 0 Å². The number of rotatable bonds is 5. The first kappa shape index (κ1) is 17.9. The minimum absolute atomic E-state index is 0.0715. The number of benzene rings is 1. The molecular weight excluding hydrogens is 338 g/mol. The Morgan fingerprint density at radius 1 is 1.14 bits per heavy atom. The summed E-state index contributed by atoms with van der Waals surface area (Å²) in [7, 11) is -2.59. The zero-order valence-corrected chi connectivity index (χ0v) is 14.1. The number of halogens is 1. The summed E-state index contributed by atoms with van der Waals surface area (Å²) >= 11 is 0. The zero-order valence-electron chi connectivity index (χ0n) is 11.8. The Balaban J connectivity index is 3.36. The molecular formula is C12H16ClNO5S2. The number of hydrogen-bond donors (Lipinski definition) is 1. The van der Waals surface area contributed by atoms with Crippen LogP contribution in [-0.4, -0.2) is 35.5 Å². The van der Waals surface area contributed by atoms with Crippen molar-refractivity contribution in [3.05, 3.63) is 23.8 Å². The number of amides is 1. The van der Waals surface area contributed by atoms with E-state index in [4.69, 9.17) is 10.7 Å². The molecule has 0 aromatic heterocycles. The molecule has 1 rings (SSSR count). The first-order valence-electron chi connectivity index (χ1n) is 5.99. The Hall–Kier alpha value is -1.12. The third kappa shape index (κ3) is 5.29. The molecule has 0 fully saturated rings. The Morgan fingerprint density at radius 2 is 1.67 bits per heavy atom. The van der Waals surface area contributed by atoms with Crippen LogP contribution in [0.5, 0.6) is 0 Å². The minimum Gasteiger partial charge on any atom is -0.352 e. The van der Waals surface area contributed by atoms with Gasteiger partial charge in [-0.1, -0.05) is 13.8 Å². The molecule has 0 heterocycles. The molecule has 0 aliphatic carbocycles. The maximum atomic E-state index is 12.0. The first-order valence-corrected chi connectivity index (χ1v) is 10.2. The second-order valence-corrected chi connectivity index (χ2v) is 9.59. The highest BCUT2D eigenvalue weighted by molar-refractivity contribution is 8.13. The van der Waals surface area contributed by atoms with Crippen molar-refractivity contribution < 1.29 is 21.6 Å². The van der Waals surface area contributed by atoms with Gasteiger partial charge in [-0.2, -0.15) is 0 Å². The van der Waals surface area contributed by atoms with Crippen molar-refractivity contribution in [3.8, 4) is 0 Å². The molecule has 0 atom stereocenters. The van der Waals surface area contributed by atoms with Crippen LogP contribution in [0.1, 0.15) is 24.2 Å². The molecule has 0 spiro atoms. The van der Waals surface area contributed by atoms with Gasteiger partial charge in [0.05, 0.1) is 9.79 Å². The average Bonchev–Trinajstić information content (AvgIpc) is 2.33. The van der Waals surface area contributed by atoms with E-state index in [-0.39, 0.29) is 16.4 Å². The van der Waals surface area contributed by atoms with Gasteiger partial charge in [-0.05, 0) is 24.1 Å². The van der Waals surface area contributed by atoms with Gasteiger partial charge in [0.2, 0.25) is 0 Å². The number of carbonyl (C=O) groups excluding carboxylic acids is 1. The molecule has 1 aromatic carbocycles. The molecule has 0 aliphatic rings. The second kappa shape index (κ2) is 6.33. The molecule has 0 aliphatic heterocycles. The van der Waals surface area contributed by atoms with Gasteiger partial charge in [0.25, 0.3) is 15.0 Å². The highest BCUT2D eigenvalue weighted by Gasteiger charge is 2.19. The fourth-order valence-electron chi connectivity index (χ4n) is 1.46. The van der Waals surface area contributed by atoms with E-state index >= 15 is 0 Å². The third-order valence-corrected chi connectivity index (χ3v) is 4.95. The highest BCUT2D eigenvalue weighted by Crippen LogP contribution is 2.22. The molecule has 6 nitrogen and oxygen atoms in total. The normalized spacial score (nSPS) is 12.4. The van der Waals surface area contributed by atoms with Gasteiger partial charge in [-0.25, -0.2) is 16.8 Å². The van der Waals surface area contributed by atoms with Crippen LogP contribution >= 0.6 is 10.7 Å². The van der Waals surface area contributed by atoms with E-state index in [0.29, 0.717) is 6.54 Å². The molecule has 0 radical (unpaired) electrons. The first-order chi connectivity index (χ1) is 9.41. The molecule has 1 amide bonds. The summed E-state index contributed by atoms with van der Waals surface area (Å²) in [6, 6.07) is 3.10. The number of carbonyl (C=O) groups is 1. The second-order valence-electron chi connectivity index (χ2n) is 5.01. The zero-order chi connectivity index (χ0) is 16.4. The Bertz CT molecular complexity index is 704. The summed E-state index contributed by atoms with van der Waals surface area (Å²) in [6.07, 6.45) is 0.919. The molecule has 0 bridgehead atoms. The van der Waals surface area contributed by atoms with Crippen molar-refractivity contribution >= 4 is 35.5 Å². The van der Waals surface area contributed by atoms with E-state index in [1.807, 2.05) is 13.8 Å². The topological polar surface area (TPSA) is 97.4 Å². The molecule has 0 saturated carbocycles. The van der Waals surface area contributed by atoms with E-state index in [2.05, 4.69) is 5.32 Å². The summed E-state index contributed by atoms with van der Waals surface area (Å²) < 4.78 is 46.0. The van der Waals surface area contributed by atoms with Gasteiger partial charge in [-0.15, -0.1) is 0 Å². The van der Waals surface area contributed by atoms with Crippen molar-refractivity contribution in [2.75, 3.05) is 12.8 Å². The van der Waals surface area contributed by atoms with Gasteiger partial charge < -0.3 is 5.32 Å². The largest absolute Gasteiger partial charge is 0.352 e. The predicted octanol–water partition coefficient (Wildman–Crippen LogP) is 1.40. The van der Waals surface area contributed by atoms with Crippen LogP contribution in [0.25, 0.3) is 0 Å². The smallest absolute Gasteiger partial charge is 0.261 e. The molecule has 9 heteroatoms. The molecule has 1 aromatic rings. The van der Waals surface area contributed by atoms with Crippen molar-refractivity contribution in [1.82, 2.24) is 5.32 Å². The SMILES string of the molecule is CC(C)CNC(=O)c1cc(S(C)(=O)=O)cc(S(=O)(=O)Cl)c1. The lowest BCUT2D eigenvalue weighted by Gasteiger charge is -2.10. The number of hydrogen-bond acceptors (Lipinski definition) is 5. The van der Waals surface area contributed by atoms with Crippen molar-refractivity contribution in [3.63, 3.8) is 0 Å². The summed E-state index contributed by atoms with van der Waals surface area (Å²) in [6.45, 7) is 4.16. The summed E-state index contributed by atoms with van der Waals surface area (Å²) in [5.41, 5.74) is -0.0715. The van der Waals surface area contributed by atoms with Crippen LogP contribution in [0.15, 0.2) is 28.0 Å². The van der Waals surface area contributed by atoms with E-state index in [1.165, 1.54) is 0 Å². The number of nitrogens with one attached hydrogen (secondary N) is 1. The summed E-state index contributed by atoms with van der Waals surface area (Å²) in [5, 5.41) is 2.58. The van der Waals surface area contributed by atoms with Gasteiger partial charge >= 0.3 is 0 Å². The Kier molecular flexibility index (Phi) is 5.40. The molecule has 118 valence electrons. The standard InChI is InChI=1S/C12H16ClNO5S2/c1-8(2)7-14-12(15)9-4-10(20(3,16)17)6-11(5-9)21(13,18)19/h4-6,8H,7H2,1-3H3,(H,14,15). The molecule has 1 N–H and O–H groups in total. The fraction of sp³-hybridized carbons (Fsp3) is 0.417. The third-order valence-electron chi connectivity index (χ3n) is 2.52.